The quantitative estimate of drug-likeness (QED) is 0.301. The van der Waals surface area contributed by atoms with E-state index in [1.807, 2.05) is 12.1 Å². The topological polar surface area (TPSA) is 76.6 Å². The van der Waals surface area contributed by atoms with Crippen molar-refractivity contribution in [3.8, 4) is 17.2 Å². The van der Waals surface area contributed by atoms with Crippen molar-refractivity contribution in [3.05, 3.63) is 17.7 Å². The maximum atomic E-state index is 6.04. The van der Waals surface area contributed by atoms with E-state index in [0.29, 0.717) is 29.8 Å². The normalized spacial score (nSPS) is 21.4. The lowest BCUT2D eigenvalue weighted by molar-refractivity contribution is -0.0453. The summed E-state index contributed by atoms with van der Waals surface area (Å²) < 4.78 is 22.3. The molecular weight excluding hydrogens is 499 g/mol. The number of aliphatic imine (C=N–C) groups is 1. The number of methoxy groups -OCH3 is 3. The Bertz CT molecular complexity index is 679. The average molecular weight is 534 g/mol. The van der Waals surface area contributed by atoms with Gasteiger partial charge in [-0.25, -0.2) is 4.99 Å². The first-order chi connectivity index (χ1) is 14.2. The number of guanidine groups is 1. The Kier molecular flexibility index (Phi) is 10.3. The highest BCUT2D eigenvalue weighted by molar-refractivity contribution is 14.0. The van der Waals surface area contributed by atoms with E-state index >= 15 is 0 Å². The predicted molar refractivity (Wildman–Crippen MR) is 129 cm³/mol. The van der Waals surface area contributed by atoms with Crippen molar-refractivity contribution < 1.29 is 18.9 Å². The lowest BCUT2D eigenvalue weighted by Gasteiger charge is -2.35. The maximum absolute atomic E-state index is 6.04. The van der Waals surface area contributed by atoms with Crippen molar-refractivity contribution in [2.24, 2.45) is 4.99 Å². The first-order valence-corrected chi connectivity index (χ1v) is 10.3. The molecule has 2 N–H and O–H groups in total. The first-order valence-electron chi connectivity index (χ1n) is 10.3. The van der Waals surface area contributed by atoms with E-state index in [1.54, 1.807) is 21.3 Å². The number of fused-ring (bicyclic) bond motifs is 1. The van der Waals surface area contributed by atoms with Gasteiger partial charge in [0.1, 0.15) is 0 Å². The highest BCUT2D eigenvalue weighted by Crippen LogP contribution is 2.38. The zero-order chi connectivity index (χ0) is 20.6. The van der Waals surface area contributed by atoms with E-state index in [-0.39, 0.29) is 30.1 Å². The largest absolute Gasteiger partial charge is 0.493 e. The SMILES string of the molecule is CCNC(=NCc1cc(OC)c(OC)c(OC)c1)NCC1CN2CCCC2CO1.I. The molecule has 2 heterocycles. The van der Waals surface area contributed by atoms with Crippen LogP contribution in [0.4, 0.5) is 0 Å². The van der Waals surface area contributed by atoms with Crippen LogP contribution in [0.5, 0.6) is 17.2 Å². The van der Waals surface area contributed by atoms with E-state index in [9.17, 15) is 0 Å². The van der Waals surface area contributed by atoms with Crippen LogP contribution in [0.1, 0.15) is 25.3 Å². The molecule has 2 aliphatic heterocycles. The number of halogens is 1. The third-order valence-corrected chi connectivity index (χ3v) is 5.45. The summed E-state index contributed by atoms with van der Waals surface area (Å²) in [6.45, 7) is 7.11. The molecule has 8 nitrogen and oxygen atoms in total. The van der Waals surface area contributed by atoms with Gasteiger partial charge in [-0.15, -0.1) is 24.0 Å². The van der Waals surface area contributed by atoms with Crippen LogP contribution >= 0.6 is 24.0 Å². The van der Waals surface area contributed by atoms with Gasteiger partial charge >= 0.3 is 0 Å². The molecular formula is C21H35IN4O4. The number of hydrogen-bond acceptors (Lipinski definition) is 6. The molecule has 2 unspecified atom stereocenters. The van der Waals surface area contributed by atoms with Gasteiger partial charge in [-0.3, -0.25) is 4.90 Å². The van der Waals surface area contributed by atoms with Crippen LogP contribution < -0.4 is 24.8 Å². The van der Waals surface area contributed by atoms with Gasteiger partial charge in [-0.1, -0.05) is 0 Å². The third-order valence-electron chi connectivity index (χ3n) is 5.45. The standard InChI is InChI=1S/C21H34N4O4.HI/c1-5-22-21(24-12-17-13-25-8-6-7-16(25)14-29-17)23-11-15-9-18(26-2)20(28-4)19(10-15)27-3;/h9-10,16-17H,5-8,11-14H2,1-4H3,(H2,22,23,24);1H. The van der Waals surface area contributed by atoms with Gasteiger partial charge < -0.3 is 29.6 Å². The minimum absolute atomic E-state index is 0. The van der Waals surface area contributed by atoms with Crippen molar-refractivity contribution in [3.63, 3.8) is 0 Å². The van der Waals surface area contributed by atoms with Gasteiger partial charge in [-0.05, 0) is 44.0 Å². The fraction of sp³-hybridized carbons (Fsp3) is 0.667. The summed E-state index contributed by atoms with van der Waals surface area (Å²) in [7, 11) is 4.83. The van der Waals surface area contributed by atoms with Crippen molar-refractivity contribution in [1.82, 2.24) is 15.5 Å². The number of ether oxygens (including phenoxy) is 4. The van der Waals surface area contributed by atoms with Crippen LogP contribution in [0, 0.1) is 0 Å². The number of nitrogens with zero attached hydrogens (tertiary/aromatic N) is 2. The van der Waals surface area contributed by atoms with Crippen molar-refractivity contribution >= 4 is 29.9 Å². The molecule has 0 radical (unpaired) electrons. The number of rotatable bonds is 8. The van der Waals surface area contributed by atoms with Gasteiger partial charge in [0.05, 0.1) is 40.6 Å². The minimum Gasteiger partial charge on any atom is -0.493 e. The molecule has 30 heavy (non-hydrogen) atoms. The first kappa shape index (κ1) is 24.8. The lowest BCUT2D eigenvalue weighted by atomic mass is 10.2. The summed E-state index contributed by atoms with van der Waals surface area (Å²) in [6.07, 6.45) is 2.74. The Morgan fingerprint density at radius 2 is 1.90 bits per heavy atom. The molecule has 0 aromatic heterocycles. The smallest absolute Gasteiger partial charge is 0.203 e. The summed E-state index contributed by atoms with van der Waals surface area (Å²) >= 11 is 0. The Morgan fingerprint density at radius 3 is 2.53 bits per heavy atom. The van der Waals surface area contributed by atoms with E-state index in [2.05, 4.69) is 22.5 Å². The summed E-state index contributed by atoms with van der Waals surface area (Å²) in [5.74, 6) is 2.62. The van der Waals surface area contributed by atoms with Gasteiger partial charge in [0.25, 0.3) is 0 Å². The Hall–Kier alpha value is -1.46. The van der Waals surface area contributed by atoms with Crippen LogP contribution in [-0.4, -0.2) is 77.1 Å². The summed E-state index contributed by atoms with van der Waals surface area (Å²) in [5, 5.41) is 6.72. The molecule has 2 aliphatic rings. The second kappa shape index (κ2) is 12.4. The monoisotopic (exact) mass is 534 g/mol. The highest BCUT2D eigenvalue weighted by Gasteiger charge is 2.32. The number of benzene rings is 1. The molecule has 2 atom stereocenters. The molecule has 0 saturated carbocycles. The molecule has 2 saturated heterocycles. The van der Waals surface area contributed by atoms with E-state index in [1.165, 1.54) is 19.4 Å². The number of hydrogen-bond donors (Lipinski definition) is 2. The van der Waals surface area contributed by atoms with Crippen molar-refractivity contribution in [2.45, 2.75) is 38.5 Å². The second-order valence-corrected chi connectivity index (χ2v) is 7.36. The Labute approximate surface area is 196 Å². The van der Waals surface area contributed by atoms with Crippen LogP contribution in [0.2, 0.25) is 0 Å². The van der Waals surface area contributed by atoms with Gasteiger partial charge in [0, 0.05) is 25.7 Å². The van der Waals surface area contributed by atoms with Crippen LogP contribution in [0.15, 0.2) is 17.1 Å². The van der Waals surface area contributed by atoms with Crippen LogP contribution in [0.25, 0.3) is 0 Å². The van der Waals surface area contributed by atoms with E-state index in [4.69, 9.17) is 23.9 Å². The van der Waals surface area contributed by atoms with Gasteiger partial charge in [-0.2, -0.15) is 0 Å². The molecule has 3 rings (SSSR count). The van der Waals surface area contributed by atoms with Crippen molar-refractivity contribution in [1.29, 1.82) is 0 Å². The lowest BCUT2D eigenvalue weighted by Crippen LogP contribution is -2.51. The molecule has 0 spiro atoms. The van der Waals surface area contributed by atoms with Crippen LogP contribution in [0.3, 0.4) is 0 Å². The number of morpholine rings is 1. The van der Waals surface area contributed by atoms with E-state index in [0.717, 1.165) is 37.8 Å². The third kappa shape index (κ3) is 6.27. The fourth-order valence-electron chi connectivity index (χ4n) is 3.96. The van der Waals surface area contributed by atoms with Gasteiger partial charge in [0.15, 0.2) is 17.5 Å². The zero-order valence-electron chi connectivity index (χ0n) is 18.4. The van der Waals surface area contributed by atoms with Crippen molar-refractivity contribution in [2.75, 3.05) is 54.1 Å². The number of nitrogens with one attached hydrogen (secondary N) is 2. The Balaban J connectivity index is 0.00000320. The van der Waals surface area contributed by atoms with Crippen LogP contribution in [-0.2, 0) is 11.3 Å². The zero-order valence-corrected chi connectivity index (χ0v) is 20.7. The molecule has 0 bridgehead atoms. The molecule has 9 heteroatoms. The van der Waals surface area contributed by atoms with E-state index < -0.39 is 0 Å². The summed E-state index contributed by atoms with van der Waals surface area (Å²) in [6, 6.07) is 4.46. The molecule has 0 aliphatic carbocycles. The fourth-order valence-corrected chi connectivity index (χ4v) is 3.96. The Morgan fingerprint density at radius 1 is 1.17 bits per heavy atom. The highest BCUT2D eigenvalue weighted by atomic mass is 127. The maximum Gasteiger partial charge on any atom is 0.203 e. The summed E-state index contributed by atoms with van der Waals surface area (Å²) in [5.41, 5.74) is 0.977. The summed E-state index contributed by atoms with van der Waals surface area (Å²) in [4.78, 5) is 7.27. The second-order valence-electron chi connectivity index (χ2n) is 7.36. The molecule has 2 fully saturated rings. The molecule has 1 aromatic carbocycles. The average Bonchev–Trinajstić information content (AvgIpc) is 3.22. The molecule has 170 valence electrons. The molecule has 1 aromatic rings. The van der Waals surface area contributed by atoms with Gasteiger partial charge in [0.2, 0.25) is 5.75 Å². The minimum atomic E-state index is 0. The molecule has 0 amide bonds. The predicted octanol–water partition coefficient (Wildman–Crippen LogP) is 2.25.